The van der Waals surface area contributed by atoms with E-state index in [1.54, 1.807) is 6.07 Å². The lowest BCUT2D eigenvalue weighted by atomic mass is 10.2. The van der Waals surface area contributed by atoms with Gasteiger partial charge in [0.15, 0.2) is 0 Å². The Morgan fingerprint density at radius 2 is 1.84 bits per heavy atom. The van der Waals surface area contributed by atoms with Crippen LogP contribution in [0.3, 0.4) is 0 Å². The van der Waals surface area contributed by atoms with Crippen molar-refractivity contribution in [3.05, 3.63) is 53.1 Å². The maximum Gasteiger partial charge on any atom is 0.261 e. The van der Waals surface area contributed by atoms with Crippen LogP contribution in [0.4, 0.5) is 0 Å². The first-order chi connectivity index (χ1) is 8.86. The highest BCUT2D eigenvalue weighted by Gasteiger charge is 2.13. The molecule has 2 rings (SSSR count). The van der Waals surface area contributed by atoms with Crippen molar-refractivity contribution in [2.24, 2.45) is 0 Å². The highest BCUT2D eigenvalue weighted by molar-refractivity contribution is 8.13. The molecule has 0 bridgehead atoms. The molecule has 2 aromatic rings. The summed E-state index contributed by atoms with van der Waals surface area (Å²) in [6.45, 7) is 1.94. The van der Waals surface area contributed by atoms with Crippen molar-refractivity contribution < 1.29 is 13.2 Å². The van der Waals surface area contributed by atoms with Gasteiger partial charge >= 0.3 is 0 Å². The van der Waals surface area contributed by atoms with Crippen molar-refractivity contribution in [3.8, 4) is 11.5 Å². The second-order valence-electron chi connectivity index (χ2n) is 3.95. The standard InChI is InChI=1S/C13H10Cl2O3S/c1-9-3-2-4-10(7-9)18-13-6-5-11(8-12(13)14)19(15,16)17/h2-8H,1H3. The molecule has 0 heterocycles. The molecule has 3 nitrogen and oxygen atoms in total. The van der Waals surface area contributed by atoms with Gasteiger partial charge in [-0.1, -0.05) is 23.7 Å². The van der Waals surface area contributed by atoms with Crippen LogP contribution in [0.2, 0.25) is 5.02 Å². The maximum absolute atomic E-state index is 11.2. The molecule has 0 spiro atoms. The molecule has 6 heteroatoms. The maximum atomic E-state index is 11.2. The second kappa shape index (κ2) is 5.41. The van der Waals surface area contributed by atoms with Gasteiger partial charge < -0.3 is 4.74 Å². The molecule has 0 saturated carbocycles. The van der Waals surface area contributed by atoms with Gasteiger partial charge in [-0.25, -0.2) is 8.42 Å². The summed E-state index contributed by atoms with van der Waals surface area (Å²) >= 11 is 5.98. The Morgan fingerprint density at radius 3 is 2.42 bits per heavy atom. The summed E-state index contributed by atoms with van der Waals surface area (Å²) in [6.07, 6.45) is 0. The number of hydrogen-bond donors (Lipinski definition) is 0. The van der Waals surface area contributed by atoms with E-state index in [4.69, 9.17) is 27.0 Å². The topological polar surface area (TPSA) is 43.4 Å². The second-order valence-corrected chi connectivity index (χ2v) is 6.92. The van der Waals surface area contributed by atoms with Gasteiger partial charge in [0.2, 0.25) is 0 Å². The average Bonchev–Trinajstić information content (AvgIpc) is 2.30. The Bertz CT molecular complexity index is 712. The van der Waals surface area contributed by atoms with Gasteiger partial charge in [0.1, 0.15) is 11.5 Å². The first kappa shape index (κ1) is 14.2. The lowest BCUT2D eigenvalue weighted by Crippen LogP contribution is -1.92. The van der Waals surface area contributed by atoms with E-state index in [2.05, 4.69) is 0 Å². The zero-order valence-corrected chi connectivity index (χ0v) is 12.3. The highest BCUT2D eigenvalue weighted by atomic mass is 35.7. The Hall–Kier alpha value is -1.23. The molecule has 0 aromatic heterocycles. The van der Waals surface area contributed by atoms with E-state index in [-0.39, 0.29) is 9.92 Å². The fourth-order valence-electron chi connectivity index (χ4n) is 1.52. The fourth-order valence-corrected chi connectivity index (χ4v) is 2.58. The van der Waals surface area contributed by atoms with E-state index in [1.165, 1.54) is 18.2 Å². The monoisotopic (exact) mass is 316 g/mol. The summed E-state index contributed by atoms with van der Waals surface area (Å²) in [5, 5.41) is 0.184. The van der Waals surface area contributed by atoms with Crippen LogP contribution in [0, 0.1) is 6.92 Å². The van der Waals surface area contributed by atoms with Gasteiger partial charge in [0.05, 0.1) is 9.92 Å². The predicted molar refractivity (Wildman–Crippen MR) is 75.7 cm³/mol. The molecular formula is C13H10Cl2O3S. The van der Waals surface area contributed by atoms with E-state index in [0.717, 1.165) is 5.56 Å². The van der Waals surface area contributed by atoms with Crippen LogP contribution < -0.4 is 4.74 Å². The molecule has 0 fully saturated rings. The number of halogens is 2. The van der Waals surface area contributed by atoms with E-state index in [0.29, 0.717) is 11.5 Å². The third kappa shape index (κ3) is 3.62. The average molecular weight is 317 g/mol. The molecule has 0 radical (unpaired) electrons. The lowest BCUT2D eigenvalue weighted by Gasteiger charge is -2.08. The Kier molecular flexibility index (Phi) is 4.04. The van der Waals surface area contributed by atoms with Crippen LogP contribution in [-0.2, 0) is 9.05 Å². The summed E-state index contributed by atoms with van der Waals surface area (Å²) in [5.41, 5.74) is 1.05. The number of benzene rings is 2. The van der Waals surface area contributed by atoms with Crippen LogP contribution in [0.5, 0.6) is 11.5 Å². The molecule has 0 saturated heterocycles. The number of rotatable bonds is 3. The van der Waals surface area contributed by atoms with Crippen molar-refractivity contribution in [1.82, 2.24) is 0 Å². The Balaban J connectivity index is 2.32. The number of hydrogen-bond acceptors (Lipinski definition) is 3. The smallest absolute Gasteiger partial charge is 0.261 e. The molecule has 0 unspecified atom stereocenters. The first-order valence-corrected chi connectivity index (χ1v) is 8.04. The zero-order valence-electron chi connectivity index (χ0n) is 9.93. The summed E-state index contributed by atoms with van der Waals surface area (Å²) in [4.78, 5) is -0.0595. The number of ether oxygens (including phenoxy) is 1. The molecule has 0 aliphatic rings. The molecule has 0 amide bonds. The van der Waals surface area contributed by atoms with Gasteiger partial charge in [-0.15, -0.1) is 0 Å². The molecule has 0 aliphatic heterocycles. The van der Waals surface area contributed by atoms with E-state index < -0.39 is 9.05 Å². The molecular weight excluding hydrogens is 307 g/mol. The molecule has 100 valence electrons. The SMILES string of the molecule is Cc1cccc(Oc2ccc(S(=O)(=O)Cl)cc2Cl)c1. The highest BCUT2D eigenvalue weighted by Crippen LogP contribution is 2.32. The molecule has 2 aromatic carbocycles. The normalized spacial score (nSPS) is 11.3. The minimum absolute atomic E-state index is 0.0595. The lowest BCUT2D eigenvalue weighted by molar-refractivity contribution is 0.482. The Labute approximate surface area is 121 Å². The third-order valence-electron chi connectivity index (χ3n) is 2.40. The third-order valence-corrected chi connectivity index (χ3v) is 4.05. The van der Waals surface area contributed by atoms with Gasteiger partial charge in [0, 0.05) is 10.7 Å². The predicted octanol–water partition coefficient (Wildman–Crippen LogP) is 4.37. The molecule has 0 N–H and O–H groups in total. The van der Waals surface area contributed by atoms with Crippen molar-refractivity contribution in [2.45, 2.75) is 11.8 Å². The quantitative estimate of drug-likeness (QED) is 0.790. The summed E-state index contributed by atoms with van der Waals surface area (Å²) in [5.74, 6) is 1.000. The van der Waals surface area contributed by atoms with Crippen molar-refractivity contribution >= 4 is 31.3 Å². The van der Waals surface area contributed by atoms with E-state index in [9.17, 15) is 8.42 Å². The molecule has 19 heavy (non-hydrogen) atoms. The van der Waals surface area contributed by atoms with Crippen LogP contribution in [0.25, 0.3) is 0 Å². The van der Waals surface area contributed by atoms with Gasteiger partial charge in [-0.3, -0.25) is 0 Å². The zero-order chi connectivity index (χ0) is 14.0. The minimum atomic E-state index is -3.79. The Morgan fingerprint density at radius 1 is 1.11 bits per heavy atom. The van der Waals surface area contributed by atoms with Gasteiger partial charge in [-0.2, -0.15) is 0 Å². The van der Waals surface area contributed by atoms with Crippen molar-refractivity contribution in [2.75, 3.05) is 0 Å². The van der Waals surface area contributed by atoms with Gasteiger partial charge in [-0.05, 0) is 42.8 Å². The van der Waals surface area contributed by atoms with Crippen LogP contribution in [0.15, 0.2) is 47.4 Å². The largest absolute Gasteiger partial charge is 0.456 e. The van der Waals surface area contributed by atoms with E-state index >= 15 is 0 Å². The van der Waals surface area contributed by atoms with E-state index in [1.807, 2.05) is 25.1 Å². The fraction of sp³-hybridized carbons (Fsp3) is 0.0769. The van der Waals surface area contributed by atoms with Crippen molar-refractivity contribution in [1.29, 1.82) is 0 Å². The molecule has 0 atom stereocenters. The summed E-state index contributed by atoms with van der Waals surface area (Å²) in [6, 6.07) is 11.5. The van der Waals surface area contributed by atoms with Gasteiger partial charge in [0.25, 0.3) is 9.05 Å². The number of aryl methyl sites for hydroxylation is 1. The first-order valence-electron chi connectivity index (χ1n) is 5.35. The molecule has 0 aliphatic carbocycles. The van der Waals surface area contributed by atoms with Crippen LogP contribution in [0.1, 0.15) is 5.56 Å². The van der Waals surface area contributed by atoms with Crippen LogP contribution >= 0.6 is 22.3 Å². The van der Waals surface area contributed by atoms with Crippen LogP contribution in [-0.4, -0.2) is 8.42 Å². The van der Waals surface area contributed by atoms with Crippen molar-refractivity contribution in [3.63, 3.8) is 0 Å². The summed E-state index contributed by atoms with van der Waals surface area (Å²) < 4.78 is 27.9. The summed E-state index contributed by atoms with van der Waals surface area (Å²) in [7, 11) is 1.45. The minimum Gasteiger partial charge on any atom is -0.456 e.